The molecule has 2 atom stereocenters. The number of alkyl halides is 3. The summed E-state index contributed by atoms with van der Waals surface area (Å²) in [6, 6.07) is -1.18. The standard InChI is InChI=1S/C9H13F3N2O4/c10-9(11,12)4-13-2-7(16)14-3-5(15)1-6(14)8(17)18/h5-6,13,15H,1-4H2,(H,17,18)/t5-,6-/m0/s1. The Morgan fingerprint density at radius 1 is 1.39 bits per heavy atom. The Bertz CT molecular complexity index is 334. The number of carboxylic acid groups (broad SMARTS) is 1. The SMILES string of the molecule is O=C(O)[C@@H]1C[C@H](O)CN1C(=O)CNCC(F)(F)F. The Kier molecular flexibility index (Phi) is 4.52. The van der Waals surface area contributed by atoms with Gasteiger partial charge in [0.2, 0.25) is 5.91 Å². The van der Waals surface area contributed by atoms with Gasteiger partial charge >= 0.3 is 12.1 Å². The molecule has 1 fully saturated rings. The van der Waals surface area contributed by atoms with Crippen LogP contribution in [0.4, 0.5) is 13.2 Å². The molecular weight excluding hydrogens is 257 g/mol. The van der Waals surface area contributed by atoms with E-state index in [2.05, 4.69) is 0 Å². The van der Waals surface area contributed by atoms with Crippen molar-refractivity contribution < 1.29 is 33.0 Å². The van der Waals surface area contributed by atoms with Gasteiger partial charge in [0.1, 0.15) is 6.04 Å². The van der Waals surface area contributed by atoms with Crippen molar-refractivity contribution in [3.63, 3.8) is 0 Å². The van der Waals surface area contributed by atoms with Gasteiger partial charge in [0, 0.05) is 13.0 Å². The van der Waals surface area contributed by atoms with Crippen molar-refractivity contribution in [2.75, 3.05) is 19.6 Å². The van der Waals surface area contributed by atoms with E-state index >= 15 is 0 Å². The molecule has 0 aromatic rings. The molecule has 1 amide bonds. The van der Waals surface area contributed by atoms with Crippen LogP contribution in [0.15, 0.2) is 0 Å². The van der Waals surface area contributed by atoms with Gasteiger partial charge in [0.15, 0.2) is 0 Å². The second-order valence-corrected chi connectivity index (χ2v) is 4.01. The maximum atomic E-state index is 11.8. The summed E-state index contributed by atoms with van der Waals surface area (Å²) in [6.07, 6.45) is -5.50. The van der Waals surface area contributed by atoms with Gasteiger partial charge < -0.3 is 20.4 Å². The number of amides is 1. The highest BCUT2D eigenvalue weighted by Gasteiger charge is 2.38. The van der Waals surface area contributed by atoms with Gasteiger partial charge in [-0.2, -0.15) is 13.2 Å². The van der Waals surface area contributed by atoms with Crippen molar-refractivity contribution in [3.8, 4) is 0 Å². The zero-order valence-corrected chi connectivity index (χ0v) is 9.28. The number of hydrogen-bond donors (Lipinski definition) is 3. The molecule has 18 heavy (non-hydrogen) atoms. The van der Waals surface area contributed by atoms with Crippen LogP contribution in [0.25, 0.3) is 0 Å². The number of aliphatic hydroxyl groups excluding tert-OH is 1. The average molecular weight is 270 g/mol. The fraction of sp³-hybridized carbons (Fsp3) is 0.778. The first-order valence-corrected chi connectivity index (χ1v) is 5.18. The van der Waals surface area contributed by atoms with Crippen molar-refractivity contribution in [3.05, 3.63) is 0 Å². The molecule has 0 aromatic carbocycles. The third-order valence-electron chi connectivity index (χ3n) is 2.49. The molecule has 1 saturated heterocycles. The summed E-state index contributed by atoms with van der Waals surface area (Å²) < 4.78 is 35.5. The summed E-state index contributed by atoms with van der Waals surface area (Å²) in [5, 5.41) is 19.9. The maximum Gasteiger partial charge on any atom is 0.401 e. The minimum atomic E-state index is -4.43. The molecule has 3 N–H and O–H groups in total. The number of carbonyl (C=O) groups is 2. The van der Waals surface area contributed by atoms with Gasteiger partial charge in [0.05, 0.1) is 19.2 Å². The Morgan fingerprint density at radius 2 is 2.00 bits per heavy atom. The fourth-order valence-electron chi connectivity index (χ4n) is 1.74. The highest BCUT2D eigenvalue weighted by Crippen LogP contribution is 2.18. The zero-order valence-electron chi connectivity index (χ0n) is 9.28. The van der Waals surface area contributed by atoms with E-state index in [0.29, 0.717) is 0 Å². The topological polar surface area (TPSA) is 89.9 Å². The monoisotopic (exact) mass is 270 g/mol. The van der Waals surface area contributed by atoms with Crippen LogP contribution in [0, 0.1) is 0 Å². The van der Waals surface area contributed by atoms with E-state index in [4.69, 9.17) is 5.11 Å². The first-order chi connectivity index (χ1) is 8.20. The first-order valence-electron chi connectivity index (χ1n) is 5.18. The normalized spacial score (nSPS) is 24.3. The fourth-order valence-corrected chi connectivity index (χ4v) is 1.74. The number of aliphatic carboxylic acids is 1. The molecule has 0 radical (unpaired) electrons. The largest absolute Gasteiger partial charge is 0.480 e. The number of carbonyl (C=O) groups excluding carboxylic acids is 1. The van der Waals surface area contributed by atoms with E-state index in [1.807, 2.05) is 5.32 Å². The molecule has 1 aliphatic rings. The second kappa shape index (κ2) is 5.53. The molecule has 9 heteroatoms. The molecule has 0 aliphatic carbocycles. The van der Waals surface area contributed by atoms with Gasteiger partial charge in [-0.15, -0.1) is 0 Å². The smallest absolute Gasteiger partial charge is 0.401 e. The van der Waals surface area contributed by atoms with Crippen molar-refractivity contribution in [1.82, 2.24) is 10.2 Å². The summed E-state index contributed by atoms with van der Waals surface area (Å²) in [5.74, 6) is -2.06. The van der Waals surface area contributed by atoms with Crippen molar-refractivity contribution in [1.29, 1.82) is 0 Å². The van der Waals surface area contributed by atoms with Gasteiger partial charge in [-0.25, -0.2) is 4.79 Å². The molecule has 0 spiro atoms. The highest BCUT2D eigenvalue weighted by atomic mass is 19.4. The number of nitrogens with one attached hydrogen (secondary N) is 1. The van der Waals surface area contributed by atoms with Crippen LogP contribution >= 0.6 is 0 Å². The Hall–Kier alpha value is -1.35. The van der Waals surface area contributed by atoms with E-state index < -0.39 is 43.3 Å². The van der Waals surface area contributed by atoms with E-state index in [1.54, 1.807) is 0 Å². The van der Waals surface area contributed by atoms with E-state index in [-0.39, 0.29) is 13.0 Å². The molecule has 104 valence electrons. The molecule has 1 aliphatic heterocycles. The van der Waals surface area contributed by atoms with Crippen LogP contribution in [0.5, 0.6) is 0 Å². The molecule has 1 heterocycles. The predicted octanol–water partition coefficient (Wildman–Crippen LogP) is -0.815. The van der Waals surface area contributed by atoms with Crippen LogP contribution in [0.2, 0.25) is 0 Å². The molecule has 1 rings (SSSR count). The summed E-state index contributed by atoms with van der Waals surface area (Å²) in [7, 11) is 0. The number of β-amino-alcohol motifs (C(OH)–C–C–N with tert-alkyl or cyclic N) is 1. The summed E-state index contributed by atoms with van der Waals surface area (Å²) in [5.41, 5.74) is 0. The molecule has 6 nitrogen and oxygen atoms in total. The summed E-state index contributed by atoms with van der Waals surface area (Å²) in [4.78, 5) is 23.2. The summed E-state index contributed by atoms with van der Waals surface area (Å²) >= 11 is 0. The molecular formula is C9H13F3N2O4. The van der Waals surface area contributed by atoms with Crippen LogP contribution < -0.4 is 5.32 Å². The lowest BCUT2D eigenvalue weighted by Crippen LogP contribution is -2.45. The molecule has 0 aromatic heterocycles. The third-order valence-corrected chi connectivity index (χ3v) is 2.49. The number of hydrogen-bond acceptors (Lipinski definition) is 4. The maximum absolute atomic E-state index is 11.8. The number of rotatable bonds is 4. The van der Waals surface area contributed by atoms with Crippen LogP contribution in [0.3, 0.4) is 0 Å². The molecule has 0 bridgehead atoms. The Balaban J connectivity index is 2.48. The van der Waals surface area contributed by atoms with Crippen LogP contribution in [0.1, 0.15) is 6.42 Å². The van der Waals surface area contributed by atoms with Crippen molar-refractivity contribution in [2.24, 2.45) is 0 Å². The van der Waals surface area contributed by atoms with Gasteiger partial charge in [-0.1, -0.05) is 0 Å². The van der Waals surface area contributed by atoms with E-state index in [0.717, 1.165) is 4.90 Å². The number of aliphatic hydroxyl groups is 1. The predicted molar refractivity (Wildman–Crippen MR) is 52.7 cm³/mol. The minimum Gasteiger partial charge on any atom is -0.480 e. The van der Waals surface area contributed by atoms with Crippen molar-refractivity contribution in [2.45, 2.75) is 24.7 Å². The second-order valence-electron chi connectivity index (χ2n) is 4.01. The quantitative estimate of drug-likeness (QED) is 0.621. The molecule has 0 unspecified atom stereocenters. The number of likely N-dealkylation sites (tertiary alicyclic amines) is 1. The lowest BCUT2D eigenvalue weighted by atomic mass is 10.2. The lowest BCUT2D eigenvalue weighted by Gasteiger charge is -2.21. The lowest BCUT2D eigenvalue weighted by molar-refractivity contribution is -0.148. The number of halogens is 3. The third kappa shape index (κ3) is 4.15. The van der Waals surface area contributed by atoms with E-state index in [9.17, 15) is 27.9 Å². The van der Waals surface area contributed by atoms with Gasteiger partial charge in [0.25, 0.3) is 0 Å². The van der Waals surface area contributed by atoms with Gasteiger partial charge in [-0.3, -0.25) is 4.79 Å². The first kappa shape index (κ1) is 14.7. The highest BCUT2D eigenvalue weighted by molar-refractivity contribution is 5.85. The zero-order chi connectivity index (χ0) is 13.9. The number of nitrogens with zero attached hydrogens (tertiary/aromatic N) is 1. The Morgan fingerprint density at radius 3 is 2.50 bits per heavy atom. The Labute approximate surface area is 100 Å². The van der Waals surface area contributed by atoms with Crippen LogP contribution in [-0.2, 0) is 9.59 Å². The minimum absolute atomic E-state index is 0.111. The number of carboxylic acids is 1. The van der Waals surface area contributed by atoms with Gasteiger partial charge in [-0.05, 0) is 0 Å². The van der Waals surface area contributed by atoms with Crippen molar-refractivity contribution >= 4 is 11.9 Å². The average Bonchev–Trinajstić information content (AvgIpc) is 2.58. The van der Waals surface area contributed by atoms with E-state index in [1.165, 1.54) is 0 Å². The summed E-state index contributed by atoms with van der Waals surface area (Å²) in [6.45, 7) is -2.12. The van der Waals surface area contributed by atoms with Crippen LogP contribution in [-0.4, -0.2) is 64.9 Å². The molecule has 0 saturated carbocycles.